The summed E-state index contributed by atoms with van der Waals surface area (Å²) >= 11 is 0. The van der Waals surface area contributed by atoms with Crippen LogP contribution in [0.25, 0.3) is 5.57 Å². The molecule has 1 unspecified atom stereocenters. The zero-order chi connectivity index (χ0) is 19.7. The van der Waals surface area contributed by atoms with Crippen LogP contribution in [0.2, 0.25) is 0 Å². The van der Waals surface area contributed by atoms with Crippen LogP contribution in [0.5, 0.6) is 0 Å². The normalized spacial score (nSPS) is 21.9. The number of hydrogen-bond acceptors (Lipinski definition) is 3. The molecule has 0 N–H and O–H groups in total. The molecule has 1 aliphatic heterocycles. The Morgan fingerprint density at radius 2 is 2.00 bits per heavy atom. The summed E-state index contributed by atoms with van der Waals surface area (Å²) in [6, 6.07) is 2.27. The predicted molar refractivity (Wildman–Crippen MR) is 99.3 cm³/mol. The Hall–Kier alpha value is -2.76. The SMILES string of the molecule is C=C(C[C@H]1CN(c2cc(F)c(C3=CC(C)CC=C3)c(F)c2)C(=O)O1)C(C)=O. The van der Waals surface area contributed by atoms with E-state index in [9.17, 15) is 18.4 Å². The zero-order valence-corrected chi connectivity index (χ0v) is 15.3. The maximum absolute atomic E-state index is 14.7. The number of nitrogens with zero attached hydrogens (tertiary/aromatic N) is 1. The van der Waals surface area contributed by atoms with Crippen molar-refractivity contribution in [3.63, 3.8) is 0 Å². The molecule has 2 atom stereocenters. The lowest BCUT2D eigenvalue weighted by atomic mass is 9.93. The Bertz CT molecular complexity index is 849. The Balaban J connectivity index is 1.84. The number of allylic oxidation sites excluding steroid dienone is 4. The minimum absolute atomic E-state index is 0.0862. The van der Waals surface area contributed by atoms with Crippen LogP contribution in [0.1, 0.15) is 32.3 Å². The van der Waals surface area contributed by atoms with E-state index in [-0.39, 0.29) is 35.9 Å². The first-order chi connectivity index (χ1) is 12.8. The van der Waals surface area contributed by atoms with E-state index in [0.29, 0.717) is 11.1 Å². The molecule has 1 aliphatic carbocycles. The van der Waals surface area contributed by atoms with E-state index in [0.717, 1.165) is 18.6 Å². The van der Waals surface area contributed by atoms with E-state index in [1.165, 1.54) is 11.8 Å². The van der Waals surface area contributed by atoms with E-state index >= 15 is 0 Å². The molecule has 0 aromatic heterocycles. The fourth-order valence-corrected chi connectivity index (χ4v) is 3.26. The number of ketones is 1. The van der Waals surface area contributed by atoms with Crippen LogP contribution in [0, 0.1) is 17.6 Å². The first-order valence-corrected chi connectivity index (χ1v) is 8.81. The van der Waals surface area contributed by atoms with Crippen molar-refractivity contribution in [3.05, 3.63) is 59.7 Å². The topological polar surface area (TPSA) is 46.6 Å². The number of carbonyl (C=O) groups excluding carboxylic acids is 2. The van der Waals surface area contributed by atoms with Crippen molar-refractivity contribution in [2.45, 2.75) is 32.8 Å². The van der Waals surface area contributed by atoms with Crippen molar-refractivity contribution in [1.82, 2.24) is 0 Å². The zero-order valence-electron chi connectivity index (χ0n) is 15.3. The van der Waals surface area contributed by atoms with Gasteiger partial charge in [0.25, 0.3) is 0 Å². The molecule has 142 valence electrons. The summed E-state index contributed by atoms with van der Waals surface area (Å²) in [4.78, 5) is 24.6. The van der Waals surface area contributed by atoms with Crippen LogP contribution in [0.3, 0.4) is 0 Å². The third-order valence-electron chi connectivity index (χ3n) is 4.74. The standard InChI is InChI=1S/C21H21F2NO3/c1-12-5-4-6-15(7-12)20-18(22)9-16(10-19(20)23)24-11-17(27-21(24)26)8-13(2)14(3)25/h4,6-7,9-10,12,17H,2,5,8,11H2,1,3H3/t12?,17-/m0/s1. The van der Waals surface area contributed by atoms with Crippen LogP contribution >= 0.6 is 0 Å². The second-order valence-electron chi connectivity index (χ2n) is 7.00. The van der Waals surface area contributed by atoms with Crippen molar-refractivity contribution in [2.75, 3.05) is 11.4 Å². The summed E-state index contributed by atoms with van der Waals surface area (Å²) in [5.74, 6) is -1.46. The molecule has 1 saturated heterocycles. The van der Waals surface area contributed by atoms with Crippen LogP contribution in [-0.2, 0) is 9.53 Å². The van der Waals surface area contributed by atoms with Gasteiger partial charge in [-0.25, -0.2) is 13.6 Å². The lowest BCUT2D eigenvalue weighted by molar-refractivity contribution is -0.113. The molecular formula is C21H21F2NO3. The van der Waals surface area contributed by atoms with Gasteiger partial charge in [0.05, 0.1) is 17.8 Å². The number of rotatable bonds is 5. The molecule has 3 rings (SSSR count). The lowest BCUT2D eigenvalue weighted by Crippen LogP contribution is -2.25. The number of ether oxygens (including phenoxy) is 1. The highest BCUT2D eigenvalue weighted by Gasteiger charge is 2.34. The maximum Gasteiger partial charge on any atom is 0.414 e. The van der Waals surface area contributed by atoms with Crippen molar-refractivity contribution in [1.29, 1.82) is 0 Å². The molecule has 1 aromatic rings. The van der Waals surface area contributed by atoms with E-state index in [4.69, 9.17) is 4.74 Å². The molecule has 1 heterocycles. The number of halogens is 2. The molecule has 0 spiro atoms. The number of Topliss-reactive ketones (excluding diaryl/α,β-unsaturated/α-hetero) is 1. The average Bonchev–Trinajstić information content (AvgIpc) is 2.94. The summed E-state index contributed by atoms with van der Waals surface area (Å²) in [6.07, 6.45) is 5.16. The van der Waals surface area contributed by atoms with E-state index in [1.54, 1.807) is 6.08 Å². The van der Waals surface area contributed by atoms with Crippen molar-refractivity contribution in [3.8, 4) is 0 Å². The number of carbonyl (C=O) groups is 2. The van der Waals surface area contributed by atoms with Gasteiger partial charge >= 0.3 is 6.09 Å². The van der Waals surface area contributed by atoms with Gasteiger partial charge in [-0.15, -0.1) is 0 Å². The van der Waals surface area contributed by atoms with E-state index in [2.05, 4.69) is 6.58 Å². The van der Waals surface area contributed by atoms with Crippen LogP contribution in [0.15, 0.2) is 42.5 Å². The number of anilines is 1. The Labute approximate surface area is 156 Å². The molecule has 1 amide bonds. The number of cyclic esters (lactones) is 1. The minimum atomic E-state index is -0.737. The van der Waals surface area contributed by atoms with Gasteiger partial charge in [-0.1, -0.05) is 31.7 Å². The molecule has 6 heteroatoms. The maximum atomic E-state index is 14.7. The fourth-order valence-electron chi connectivity index (χ4n) is 3.26. The predicted octanol–water partition coefficient (Wildman–Crippen LogP) is 4.80. The molecule has 2 aliphatic rings. The third-order valence-corrected chi connectivity index (χ3v) is 4.74. The Kier molecular flexibility index (Phi) is 5.26. The number of benzene rings is 1. The van der Waals surface area contributed by atoms with Gasteiger partial charge in [0.2, 0.25) is 0 Å². The smallest absolute Gasteiger partial charge is 0.414 e. The fraction of sp³-hybridized carbons (Fsp3) is 0.333. The largest absolute Gasteiger partial charge is 0.444 e. The summed E-state index contributed by atoms with van der Waals surface area (Å²) in [6.45, 7) is 7.11. The highest BCUT2D eigenvalue weighted by molar-refractivity contribution is 5.93. The lowest BCUT2D eigenvalue weighted by Gasteiger charge is -2.17. The van der Waals surface area contributed by atoms with Gasteiger partial charge < -0.3 is 4.74 Å². The molecule has 0 saturated carbocycles. The number of hydrogen-bond donors (Lipinski definition) is 0. The van der Waals surface area contributed by atoms with Gasteiger partial charge in [-0.05, 0) is 42.5 Å². The summed E-state index contributed by atoms with van der Waals surface area (Å²) in [5.41, 5.74) is 0.821. The van der Waals surface area contributed by atoms with Crippen molar-refractivity contribution < 1.29 is 23.1 Å². The molecule has 1 aromatic carbocycles. The first kappa shape index (κ1) is 19.0. The molecule has 1 fully saturated rings. The van der Waals surface area contributed by atoms with Gasteiger partial charge in [0.1, 0.15) is 17.7 Å². The highest BCUT2D eigenvalue weighted by atomic mass is 19.1. The average molecular weight is 373 g/mol. The van der Waals surface area contributed by atoms with Crippen LogP contribution in [-0.4, -0.2) is 24.5 Å². The summed E-state index contributed by atoms with van der Waals surface area (Å²) in [5, 5.41) is 0. The Morgan fingerprint density at radius 1 is 1.33 bits per heavy atom. The first-order valence-electron chi connectivity index (χ1n) is 8.81. The quantitative estimate of drug-likeness (QED) is 0.696. The van der Waals surface area contributed by atoms with E-state index < -0.39 is 23.8 Å². The number of amides is 1. The second kappa shape index (κ2) is 7.47. The molecular weight excluding hydrogens is 352 g/mol. The molecule has 0 radical (unpaired) electrons. The summed E-state index contributed by atoms with van der Waals surface area (Å²) < 4.78 is 34.5. The van der Waals surface area contributed by atoms with Crippen LogP contribution in [0.4, 0.5) is 19.3 Å². The minimum Gasteiger partial charge on any atom is -0.444 e. The molecule has 27 heavy (non-hydrogen) atoms. The van der Waals surface area contributed by atoms with Gasteiger partial charge in [-0.2, -0.15) is 0 Å². The molecule has 4 nitrogen and oxygen atoms in total. The van der Waals surface area contributed by atoms with E-state index in [1.807, 2.05) is 19.1 Å². The highest BCUT2D eigenvalue weighted by Crippen LogP contribution is 2.33. The van der Waals surface area contributed by atoms with Gasteiger partial charge in [-0.3, -0.25) is 9.69 Å². The van der Waals surface area contributed by atoms with Gasteiger partial charge in [0, 0.05) is 6.42 Å². The van der Waals surface area contributed by atoms with Crippen molar-refractivity contribution >= 4 is 23.1 Å². The summed E-state index contributed by atoms with van der Waals surface area (Å²) in [7, 11) is 0. The van der Waals surface area contributed by atoms with Crippen LogP contribution < -0.4 is 4.90 Å². The Morgan fingerprint density at radius 3 is 2.59 bits per heavy atom. The third kappa shape index (κ3) is 3.99. The van der Waals surface area contributed by atoms with Gasteiger partial charge in [0.15, 0.2) is 5.78 Å². The second-order valence-corrected chi connectivity index (χ2v) is 7.00. The van der Waals surface area contributed by atoms with Crippen molar-refractivity contribution in [2.24, 2.45) is 5.92 Å². The monoisotopic (exact) mass is 373 g/mol. The molecule has 0 bridgehead atoms.